The van der Waals surface area contributed by atoms with Crippen molar-refractivity contribution in [2.75, 3.05) is 0 Å². The number of amides is 1. The van der Waals surface area contributed by atoms with Gasteiger partial charge in [0.05, 0.1) is 4.47 Å². The van der Waals surface area contributed by atoms with Crippen molar-refractivity contribution in [1.82, 2.24) is 9.97 Å². The normalized spacial score (nSPS) is 9.30. The summed E-state index contributed by atoms with van der Waals surface area (Å²) in [7, 11) is 0. The molecule has 0 spiro atoms. The van der Waals surface area contributed by atoms with E-state index in [9.17, 15) is 4.79 Å². The van der Waals surface area contributed by atoms with Gasteiger partial charge in [-0.1, -0.05) is 0 Å². The minimum atomic E-state index is -0.618. The maximum absolute atomic E-state index is 10.4. The predicted octanol–water partition coefficient (Wildman–Crippen LogP) is 0.338. The van der Waals surface area contributed by atoms with Gasteiger partial charge >= 0.3 is 0 Å². The third kappa shape index (κ3) is 1.51. The zero-order valence-corrected chi connectivity index (χ0v) is 6.50. The van der Waals surface area contributed by atoms with Crippen molar-refractivity contribution in [3.05, 3.63) is 22.7 Å². The lowest BCUT2D eigenvalue weighted by Crippen LogP contribution is -2.14. The average Bonchev–Trinajstić information content (AvgIpc) is 1.88. The maximum Gasteiger partial charge on any atom is 0.286 e. The van der Waals surface area contributed by atoms with Crippen LogP contribution in [-0.4, -0.2) is 15.9 Å². The van der Waals surface area contributed by atoms with Crippen LogP contribution in [0.2, 0.25) is 0 Å². The smallest absolute Gasteiger partial charge is 0.286 e. The molecule has 1 rings (SSSR count). The summed E-state index contributed by atoms with van der Waals surface area (Å²) < 4.78 is 0.720. The minimum Gasteiger partial charge on any atom is -0.363 e. The van der Waals surface area contributed by atoms with Crippen LogP contribution in [0.25, 0.3) is 0 Å². The van der Waals surface area contributed by atoms with Crippen molar-refractivity contribution in [3.8, 4) is 0 Å². The number of hydrogen-bond donors (Lipinski definition) is 1. The number of halogens is 1. The maximum atomic E-state index is 10.4. The van der Waals surface area contributed by atoms with E-state index in [0.29, 0.717) is 0 Å². The van der Waals surface area contributed by atoms with Crippen LogP contribution in [0.3, 0.4) is 0 Å². The molecule has 0 aliphatic rings. The van der Waals surface area contributed by atoms with E-state index in [0.717, 1.165) is 4.47 Å². The number of carbonyl (C=O) groups is 1. The fourth-order valence-corrected chi connectivity index (χ4v) is 0.644. The molecule has 0 aliphatic heterocycles. The number of aromatic nitrogens is 2. The monoisotopic (exact) mass is 201 g/mol. The highest BCUT2D eigenvalue weighted by Crippen LogP contribution is 2.03. The second kappa shape index (κ2) is 2.74. The Hall–Kier alpha value is -0.970. The summed E-state index contributed by atoms with van der Waals surface area (Å²) in [6.45, 7) is 0. The van der Waals surface area contributed by atoms with Gasteiger partial charge in [0.25, 0.3) is 5.91 Å². The first-order valence-electron chi connectivity index (χ1n) is 2.47. The van der Waals surface area contributed by atoms with E-state index in [1.165, 1.54) is 12.4 Å². The largest absolute Gasteiger partial charge is 0.363 e. The van der Waals surface area contributed by atoms with Crippen molar-refractivity contribution in [3.63, 3.8) is 0 Å². The molecule has 0 fully saturated rings. The molecule has 0 saturated carbocycles. The zero-order chi connectivity index (χ0) is 7.56. The van der Waals surface area contributed by atoms with Crippen LogP contribution in [0.1, 0.15) is 10.6 Å². The van der Waals surface area contributed by atoms with E-state index in [2.05, 4.69) is 25.9 Å². The molecule has 4 nitrogen and oxygen atoms in total. The lowest BCUT2D eigenvalue weighted by Gasteiger charge is -1.90. The van der Waals surface area contributed by atoms with Gasteiger partial charge in [0, 0.05) is 12.4 Å². The van der Waals surface area contributed by atoms with E-state index in [1.54, 1.807) is 0 Å². The number of rotatable bonds is 1. The molecule has 1 aromatic rings. The second-order valence-corrected chi connectivity index (χ2v) is 2.50. The predicted molar refractivity (Wildman–Crippen MR) is 38.2 cm³/mol. The molecule has 2 N–H and O–H groups in total. The van der Waals surface area contributed by atoms with Gasteiger partial charge in [-0.3, -0.25) is 4.79 Å². The van der Waals surface area contributed by atoms with Crippen LogP contribution in [0.5, 0.6) is 0 Å². The van der Waals surface area contributed by atoms with Gasteiger partial charge in [0.2, 0.25) is 5.82 Å². The summed E-state index contributed by atoms with van der Waals surface area (Å²) in [5.74, 6) is -0.587. The Bertz CT molecular complexity index is 246. The molecule has 1 heterocycles. The van der Waals surface area contributed by atoms with Gasteiger partial charge in [-0.2, -0.15) is 0 Å². The van der Waals surface area contributed by atoms with Gasteiger partial charge in [-0.05, 0) is 15.9 Å². The topological polar surface area (TPSA) is 68.9 Å². The molecule has 52 valence electrons. The lowest BCUT2D eigenvalue weighted by molar-refractivity contribution is 0.0990. The molecule has 0 aliphatic carbocycles. The highest BCUT2D eigenvalue weighted by atomic mass is 79.9. The van der Waals surface area contributed by atoms with Crippen LogP contribution < -0.4 is 5.73 Å². The van der Waals surface area contributed by atoms with Crippen molar-refractivity contribution < 1.29 is 4.79 Å². The quantitative estimate of drug-likeness (QED) is 0.713. The molecule has 0 saturated heterocycles. The molecule has 5 heteroatoms. The number of nitrogens with zero attached hydrogens (tertiary/aromatic N) is 2. The van der Waals surface area contributed by atoms with Crippen molar-refractivity contribution in [2.24, 2.45) is 5.73 Å². The Labute approximate surface area is 65.6 Å². The number of carbonyl (C=O) groups excluding carboxylic acids is 1. The third-order valence-corrected chi connectivity index (χ3v) is 1.25. The fourth-order valence-electron chi connectivity index (χ4n) is 0.440. The standard InChI is InChI=1S/C5H4BrN3O/c6-3-1-8-5(4(7)10)9-2-3/h1-2H,(H2,7,10). The van der Waals surface area contributed by atoms with E-state index >= 15 is 0 Å². The van der Waals surface area contributed by atoms with Crippen LogP contribution in [0.4, 0.5) is 0 Å². The molecule has 0 aromatic carbocycles. The van der Waals surface area contributed by atoms with E-state index in [4.69, 9.17) is 5.73 Å². The van der Waals surface area contributed by atoms with Gasteiger partial charge in [-0.25, -0.2) is 9.97 Å². The van der Waals surface area contributed by atoms with Crippen molar-refractivity contribution in [1.29, 1.82) is 0 Å². The van der Waals surface area contributed by atoms with Gasteiger partial charge < -0.3 is 5.73 Å². The first-order chi connectivity index (χ1) is 4.70. The Morgan fingerprint density at radius 1 is 1.50 bits per heavy atom. The Kier molecular flexibility index (Phi) is 1.96. The molecule has 0 unspecified atom stereocenters. The number of primary amides is 1. The summed E-state index contributed by atoms with van der Waals surface area (Å²) in [6, 6.07) is 0. The summed E-state index contributed by atoms with van der Waals surface area (Å²) in [6.07, 6.45) is 2.93. The highest BCUT2D eigenvalue weighted by Gasteiger charge is 2.00. The first-order valence-corrected chi connectivity index (χ1v) is 3.27. The summed E-state index contributed by atoms with van der Waals surface area (Å²) in [5.41, 5.74) is 4.88. The van der Waals surface area contributed by atoms with Gasteiger partial charge in [-0.15, -0.1) is 0 Å². The highest BCUT2D eigenvalue weighted by molar-refractivity contribution is 9.10. The summed E-state index contributed by atoms with van der Waals surface area (Å²) in [4.78, 5) is 17.7. The summed E-state index contributed by atoms with van der Waals surface area (Å²) >= 11 is 3.12. The Morgan fingerprint density at radius 2 is 2.00 bits per heavy atom. The molecule has 0 bridgehead atoms. The molecular formula is C5H4BrN3O. The molecule has 1 aromatic heterocycles. The van der Waals surface area contributed by atoms with Crippen LogP contribution in [-0.2, 0) is 0 Å². The average molecular weight is 202 g/mol. The molecule has 10 heavy (non-hydrogen) atoms. The Balaban J connectivity index is 3.00. The van der Waals surface area contributed by atoms with E-state index in [1.807, 2.05) is 0 Å². The van der Waals surface area contributed by atoms with Gasteiger partial charge in [0.15, 0.2) is 0 Å². The molecular weight excluding hydrogens is 198 g/mol. The lowest BCUT2D eigenvalue weighted by atomic mass is 10.5. The van der Waals surface area contributed by atoms with Gasteiger partial charge in [0.1, 0.15) is 0 Å². The third-order valence-electron chi connectivity index (χ3n) is 0.841. The molecule has 0 atom stereocenters. The summed E-state index contributed by atoms with van der Waals surface area (Å²) in [5, 5.41) is 0. The van der Waals surface area contributed by atoms with E-state index in [-0.39, 0.29) is 5.82 Å². The van der Waals surface area contributed by atoms with Crippen LogP contribution in [0, 0.1) is 0 Å². The Morgan fingerprint density at radius 3 is 2.40 bits per heavy atom. The van der Waals surface area contributed by atoms with Crippen LogP contribution >= 0.6 is 15.9 Å². The zero-order valence-electron chi connectivity index (χ0n) is 4.91. The second-order valence-electron chi connectivity index (χ2n) is 1.59. The molecule has 0 radical (unpaired) electrons. The fraction of sp³-hybridized carbons (Fsp3) is 0. The molecule has 1 amide bonds. The number of hydrogen-bond acceptors (Lipinski definition) is 3. The minimum absolute atomic E-state index is 0.0307. The van der Waals surface area contributed by atoms with Crippen LogP contribution in [0.15, 0.2) is 16.9 Å². The van der Waals surface area contributed by atoms with Crippen molar-refractivity contribution in [2.45, 2.75) is 0 Å². The SMILES string of the molecule is NC(=O)c1ncc(Br)cn1. The van der Waals surface area contributed by atoms with Crippen molar-refractivity contribution >= 4 is 21.8 Å². The number of nitrogens with two attached hydrogens (primary N) is 1. The first kappa shape index (κ1) is 7.14. The van der Waals surface area contributed by atoms with E-state index < -0.39 is 5.91 Å².